The predicted molar refractivity (Wildman–Crippen MR) is 81.4 cm³/mol. The monoisotopic (exact) mass is 293 g/mol. The maximum atomic E-state index is 11.7. The molecular formula is C15H23N3O3. The summed E-state index contributed by atoms with van der Waals surface area (Å²) in [5, 5.41) is 8.14. The summed E-state index contributed by atoms with van der Waals surface area (Å²) in [5.41, 5.74) is 2.03. The quantitative estimate of drug-likeness (QED) is 0.695. The Morgan fingerprint density at radius 2 is 1.90 bits per heavy atom. The molecule has 0 aromatic heterocycles. The number of hydrogen-bond acceptors (Lipinski definition) is 3. The van der Waals surface area contributed by atoms with Crippen LogP contribution in [0.4, 0.5) is 4.79 Å². The minimum Gasteiger partial charge on any atom is -0.496 e. The number of carbonyl (C=O) groups excluding carboxylic acids is 2. The van der Waals surface area contributed by atoms with Gasteiger partial charge in [-0.05, 0) is 31.0 Å². The second-order valence-electron chi connectivity index (χ2n) is 4.83. The van der Waals surface area contributed by atoms with E-state index in [4.69, 9.17) is 4.74 Å². The zero-order chi connectivity index (χ0) is 15.8. The fourth-order valence-electron chi connectivity index (χ4n) is 1.92. The molecule has 116 valence electrons. The van der Waals surface area contributed by atoms with E-state index >= 15 is 0 Å². The van der Waals surface area contributed by atoms with Crippen molar-refractivity contribution in [1.82, 2.24) is 16.0 Å². The zero-order valence-corrected chi connectivity index (χ0v) is 12.9. The molecule has 3 N–H and O–H groups in total. The van der Waals surface area contributed by atoms with Crippen molar-refractivity contribution in [2.45, 2.75) is 26.8 Å². The standard InChI is InChI=1S/C15H23N3O3/c1-10-9-13(5-6-14(10)21-4)11(2)18-15(20)17-8-7-16-12(3)19/h5-6,9,11H,7-8H2,1-4H3,(H,16,19)(H2,17,18,20)/t11-/m1/s1. The number of nitrogens with one attached hydrogen (secondary N) is 3. The minimum atomic E-state index is -0.263. The van der Waals surface area contributed by atoms with Gasteiger partial charge in [-0.2, -0.15) is 0 Å². The number of methoxy groups -OCH3 is 1. The molecule has 0 aliphatic heterocycles. The molecule has 0 heterocycles. The van der Waals surface area contributed by atoms with Crippen molar-refractivity contribution in [1.29, 1.82) is 0 Å². The Hall–Kier alpha value is -2.24. The minimum absolute atomic E-state index is 0.112. The molecule has 21 heavy (non-hydrogen) atoms. The van der Waals surface area contributed by atoms with Gasteiger partial charge in [0, 0.05) is 20.0 Å². The average Bonchev–Trinajstić information content (AvgIpc) is 2.43. The molecule has 0 saturated carbocycles. The molecule has 3 amide bonds. The lowest BCUT2D eigenvalue weighted by Gasteiger charge is -2.16. The highest BCUT2D eigenvalue weighted by molar-refractivity contribution is 5.75. The van der Waals surface area contributed by atoms with E-state index in [0.717, 1.165) is 16.9 Å². The third kappa shape index (κ3) is 5.72. The Labute approximate surface area is 125 Å². The number of urea groups is 1. The zero-order valence-electron chi connectivity index (χ0n) is 12.9. The van der Waals surface area contributed by atoms with E-state index in [9.17, 15) is 9.59 Å². The largest absolute Gasteiger partial charge is 0.496 e. The smallest absolute Gasteiger partial charge is 0.315 e. The van der Waals surface area contributed by atoms with E-state index < -0.39 is 0 Å². The molecule has 1 rings (SSSR count). The van der Waals surface area contributed by atoms with Crippen LogP contribution in [0.5, 0.6) is 5.75 Å². The fourth-order valence-corrected chi connectivity index (χ4v) is 1.92. The van der Waals surface area contributed by atoms with Gasteiger partial charge in [-0.1, -0.05) is 12.1 Å². The Morgan fingerprint density at radius 3 is 2.48 bits per heavy atom. The Bertz CT molecular complexity index is 503. The molecule has 1 atom stereocenters. The summed E-state index contributed by atoms with van der Waals surface area (Å²) in [6, 6.07) is 5.42. The first kappa shape index (κ1) is 16.8. The van der Waals surface area contributed by atoms with Crippen LogP contribution in [0.3, 0.4) is 0 Å². The van der Waals surface area contributed by atoms with E-state index in [0.29, 0.717) is 13.1 Å². The SMILES string of the molecule is COc1ccc([C@@H](C)NC(=O)NCCNC(C)=O)cc1C. The van der Waals surface area contributed by atoms with Gasteiger partial charge in [0.25, 0.3) is 0 Å². The molecule has 0 aliphatic rings. The number of benzene rings is 1. The first-order chi connectivity index (χ1) is 9.93. The molecule has 1 aromatic rings. The molecule has 0 unspecified atom stereocenters. The van der Waals surface area contributed by atoms with Gasteiger partial charge in [-0.15, -0.1) is 0 Å². The van der Waals surface area contributed by atoms with Crippen LogP contribution in [0, 0.1) is 6.92 Å². The maximum absolute atomic E-state index is 11.7. The summed E-state index contributed by atoms with van der Waals surface area (Å²) in [6.07, 6.45) is 0. The molecule has 6 heteroatoms. The first-order valence-corrected chi connectivity index (χ1v) is 6.87. The van der Waals surface area contributed by atoms with Crippen LogP contribution in [-0.2, 0) is 4.79 Å². The second-order valence-corrected chi connectivity index (χ2v) is 4.83. The van der Waals surface area contributed by atoms with Crippen molar-refractivity contribution in [2.75, 3.05) is 20.2 Å². The van der Waals surface area contributed by atoms with Crippen molar-refractivity contribution >= 4 is 11.9 Å². The van der Waals surface area contributed by atoms with E-state index in [1.54, 1.807) is 7.11 Å². The summed E-state index contributed by atoms with van der Waals surface area (Å²) in [6.45, 7) is 6.11. The molecule has 1 aromatic carbocycles. The first-order valence-electron chi connectivity index (χ1n) is 6.87. The van der Waals surface area contributed by atoms with Crippen molar-refractivity contribution in [3.8, 4) is 5.75 Å². The molecule has 0 saturated heterocycles. The topological polar surface area (TPSA) is 79.5 Å². The van der Waals surface area contributed by atoms with Crippen LogP contribution in [0.2, 0.25) is 0 Å². The van der Waals surface area contributed by atoms with Gasteiger partial charge in [-0.3, -0.25) is 4.79 Å². The summed E-state index contributed by atoms with van der Waals surface area (Å²) >= 11 is 0. The molecule has 0 radical (unpaired) electrons. The van der Waals surface area contributed by atoms with Gasteiger partial charge < -0.3 is 20.7 Å². The number of rotatable bonds is 6. The van der Waals surface area contributed by atoms with Crippen LogP contribution >= 0.6 is 0 Å². The van der Waals surface area contributed by atoms with Crippen molar-refractivity contribution in [3.63, 3.8) is 0 Å². The normalized spacial score (nSPS) is 11.4. The third-order valence-corrected chi connectivity index (χ3v) is 3.05. The number of hydrogen-bond donors (Lipinski definition) is 3. The highest BCUT2D eigenvalue weighted by Crippen LogP contribution is 2.22. The van der Waals surface area contributed by atoms with E-state index in [-0.39, 0.29) is 18.0 Å². The summed E-state index contributed by atoms with van der Waals surface area (Å²) in [5.74, 6) is 0.713. The van der Waals surface area contributed by atoms with E-state index in [1.807, 2.05) is 32.0 Å². The molecule has 0 bridgehead atoms. The Morgan fingerprint density at radius 1 is 1.24 bits per heavy atom. The average molecular weight is 293 g/mol. The molecule has 0 spiro atoms. The van der Waals surface area contributed by atoms with Crippen molar-refractivity contribution in [3.05, 3.63) is 29.3 Å². The van der Waals surface area contributed by atoms with Crippen LogP contribution in [0.25, 0.3) is 0 Å². The highest BCUT2D eigenvalue weighted by Gasteiger charge is 2.10. The fraction of sp³-hybridized carbons (Fsp3) is 0.467. The van der Waals surface area contributed by atoms with Crippen molar-refractivity contribution in [2.24, 2.45) is 0 Å². The van der Waals surface area contributed by atoms with Gasteiger partial charge in [0.2, 0.25) is 5.91 Å². The summed E-state index contributed by atoms with van der Waals surface area (Å²) < 4.78 is 5.21. The van der Waals surface area contributed by atoms with Gasteiger partial charge >= 0.3 is 6.03 Å². The summed E-state index contributed by atoms with van der Waals surface area (Å²) in [4.78, 5) is 22.4. The third-order valence-electron chi connectivity index (χ3n) is 3.05. The second kappa shape index (κ2) is 8.14. The van der Waals surface area contributed by atoms with Gasteiger partial charge in [0.05, 0.1) is 13.2 Å². The lowest BCUT2D eigenvalue weighted by atomic mass is 10.1. The summed E-state index contributed by atoms with van der Waals surface area (Å²) in [7, 11) is 1.63. The lowest BCUT2D eigenvalue weighted by Crippen LogP contribution is -2.40. The van der Waals surface area contributed by atoms with Gasteiger partial charge in [-0.25, -0.2) is 4.79 Å². The van der Waals surface area contributed by atoms with E-state index in [2.05, 4.69) is 16.0 Å². The highest BCUT2D eigenvalue weighted by atomic mass is 16.5. The van der Waals surface area contributed by atoms with Crippen LogP contribution in [-0.4, -0.2) is 32.1 Å². The number of ether oxygens (including phenoxy) is 1. The van der Waals surface area contributed by atoms with Crippen LogP contribution in [0.1, 0.15) is 31.0 Å². The Balaban J connectivity index is 2.45. The Kier molecular flexibility index (Phi) is 6.52. The number of amides is 3. The van der Waals surface area contributed by atoms with Crippen LogP contribution in [0.15, 0.2) is 18.2 Å². The molecule has 0 aliphatic carbocycles. The molecule has 6 nitrogen and oxygen atoms in total. The van der Waals surface area contributed by atoms with E-state index in [1.165, 1.54) is 6.92 Å². The van der Waals surface area contributed by atoms with Crippen molar-refractivity contribution < 1.29 is 14.3 Å². The maximum Gasteiger partial charge on any atom is 0.315 e. The number of carbonyl (C=O) groups is 2. The van der Waals surface area contributed by atoms with Gasteiger partial charge in [0.1, 0.15) is 5.75 Å². The molecular weight excluding hydrogens is 270 g/mol. The predicted octanol–water partition coefficient (Wildman–Crippen LogP) is 1.50. The van der Waals surface area contributed by atoms with Crippen LogP contribution < -0.4 is 20.7 Å². The molecule has 0 fully saturated rings. The lowest BCUT2D eigenvalue weighted by molar-refractivity contribution is -0.118. The van der Waals surface area contributed by atoms with Gasteiger partial charge in [0.15, 0.2) is 0 Å². The number of aryl methyl sites for hydroxylation is 1.